The molecule has 4 nitrogen and oxygen atoms in total. The molecule has 2 aromatic rings. The highest BCUT2D eigenvalue weighted by molar-refractivity contribution is 7.14. The second-order valence-corrected chi connectivity index (χ2v) is 6.95. The minimum atomic E-state index is 0.707. The van der Waals surface area contributed by atoms with Crippen molar-refractivity contribution in [2.24, 2.45) is 0 Å². The lowest BCUT2D eigenvalue weighted by atomic mass is 10.1. The van der Waals surface area contributed by atoms with Crippen LogP contribution in [0.25, 0.3) is 11.3 Å². The minimum absolute atomic E-state index is 0.707. The average molecular weight is 346 g/mol. The number of nitrogens with one attached hydrogen (secondary N) is 1. The van der Waals surface area contributed by atoms with Gasteiger partial charge in [0.1, 0.15) is 0 Å². The Balaban J connectivity index is 1.56. The zero-order chi connectivity index (χ0) is 16.6. The fraction of sp³-hybridized carbons (Fsp3) is 0.526. The van der Waals surface area contributed by atoms with E-state index < -0.39 is 0 Å². The fourth-order valence-corrected chi connectivity index (χ4v) is 3.48. The molecule has 3 rings (SSSR count). The Hall–Kier alpha value is -1.75. The second-order valence-electron chi connectivity index (χ2n) is 6.09. The number of hydrogen-bond donors (Lipinski definition) is 1. The summed E-state index contributed by atoms with van der Waals surface area (Å²) in [4.78, 5) is 4.70. The largest absolute Gasteiger partial charge is 0.490 e. The van der Waals surface area contributed by atoms with Crippen LogP contribution >= 0.6 is 11.3 Å². The Bertz CT molecular complexity index is 642. The van der Waals surface area contributed by atoms with Crippen molar-refractivity contribution < 1.29 is 9.47 Å². The lowest BCUT2D eigenvalue weighted by Crippen LogP contribution is -2.00. The van der Waals surface area contributed by atoms with Crippen LogP contribution < -0.4 is 14.8 Å². The number of hydrogen-bond acceptors (Lipinski definition) is 5. The van der Waals surface area contributed by atoms with E-state index in [1.54, 1.807) is 11.3 Å². The van der Waals surface area contributed by atoms with E-state index >= 15 is 0 Å². The van der Waals surface area contributed by atoms with Crippen molar-refractivity contribution in [3.8, 4) is 22.8 Å². The molecular weight excluding hydrogens is 320 g/mol. The van der Waals surface area contributed by atoms with Gasteiger partial charge in [-0.2, -0.15) is 0 Å². The highest BCUT2D eigenvalue weighted by Crippen LogP contribution is 2.35. The summed E-state index contributed by atoms with van der Waals surface area (Å²) >= 11 is 1.66. The molecule has 0 atom stereocenters. The molecule has 24 heavy (non-hydrogen) atoms. The van der Waals surface area contributed by atoms with Gasteiger partial charge < -0.3 is 14.8 Å². The predicted octanol–water partition coefficient (Wildman–Crippen LogP) is 5.35. The van der Waals surface area contributed by atoms with Gasteiger partial charge in [0.2, 0.25) is 0 Å². The van der Waals surface area contributed by atoms with Crippen LogP contribution in [0.3, 0.4) is 0 Å². The molecule has 1 aromatic heterocycles. The van der Waals surface area contributed by atoms with E-state index in [9.17, 15) is 0 Å². The molecule has 2 heterocycles. The topological polar surface area (TPSA) is 43.4 Å². The first-order valence-electron chi connectivity index (χ1n) is 8.96. The predicted molar refractivity (Wildman–Crippen MR) is 100 cm³/mol. The summed E-state index contributed by atoms with van der Waals surface area (Å²) in [5.41, 5.74) is 2.07. The second kappa shape index (κ2) is 8.92. The van der Waals surface area contributed by atoms with Crippen molar-refractivity contribution in [1.29, 1.82) is 0 Å². The van der Waals surface area contributed by atoms with Gasteiger partial charge in [-0.15, -0.1) is 11.3 Å². The molecule has 1 aliphatic rings. The zero-order valence-electron chi connectivity index (χ0n) is 14.3. The standard InChI is InChI=1S/C19H26N2O2S/c1-2-3-4-5-6-10-20-19-21-16(14-24-19)15-8-9-17-18(13-15)23-12-7-11-22-17/h8-9,13-14H,2-7,10-12H2,1H3,(H,20,21). The number of aromatic nitrogens is 1. The van der Waals surface area contributed by atoms with Crippen molar-refractivity contribution in [3.05, 3.63) is 23.6 Å². The molecule has 0 fully saturated rings. The fourth-order valence-electron chi connectivity index (χ4n) is 2.73. The maximum atomic E-state index is 5.76. The number of fused-ring (bicyclic) bond motifs is 1. The molecule has 0 radical (unpaired) electrons. The van der Waals surface area contributed by atoms with Crippen molar-refractivity contribution in [2.75, 3.05) is 25.1 Å². The van der Waals surface area contributed by atoms with Crippen LogP contribution in [0.4, 0.5) is 5.13 Å². The zero-order valence-corrected chi connectivity index (χ0v) is 15.2. The number of unbranched alkanes of at least 4 members (excludes halogenated alkanes) is 4. The van der Waals surface area contributed by atoms with Crippen LogP contribution in [0.15, 0.2) is 23.6 Å². The summed E-state index contributed by atoms with van der Waals surface area (Å²) in [5.74, 6) is 1.65. The summed E-state index contributed by atoms with van der Waals surface area (Å²) in [5, 5.41) is 6.52. The van der Waals surface area contributed by atoms with Gasteiger partial charge >= 0.3 is 0 Å². The molecule has 130 valence electrons. The highest BCUT2D eigenvalue weighted by Gasteiger charge is 2.12. The number of thiazole rings is 1. The van der Waals surface area contributed by atoms with Crippen LogP contribution in [-0.2, 0) is 0 Å². The maximum Gasteiger partial charge on any atom is 0.183 e. The van der Waals surface area contributed by atoms with Crippen LogP contribution in [0.1, 0.15) is 45.4 Å². The van der Waals surface area contributed by atoms with Gasteiger partial charge in [0, 0.05) is 23.9 Å². The summed E-state index contributed by atoms with van der Waals surface area (Å²) in [6, 6.07) is 6.07. The Labute approximate surface area is 148 Å². The van der Waals surface area contributed by atoms with Gasteiger partial charge in [-0.25, -0.2) is 4.98 Å². The van der Waals surface area contributed by atoms with Gasteiger partial charge in [0.15, 0.2) is 16.6 Å². The number of benzene rings is 1. The number of ether oxygens (including phenoxy) is 2. The van der Waals surface area contributed by atoms with E-state index in [1.807, 2.05) is 12.1 Å². The first-order chi connectivity index (χ1) is 11.9. The van der Waals surface area contributed by atoms with E-state index in [2.05, 4.69) is 23.7 Å². The summed E-state index contributed by atoms with van der Waals surface area (Å²) < 4.78 is 11.4. The number of nitrogens with zero attached hydrogens (tertiary/aromatic N) is 1. The Morgan fingerprint density at radius 2 is 1.92 bits per heavy atom. The minimum Gasteiger partial charge on any atom is -0.490 e. The lowest BCUT2D eigenvalue weighted by molar-refractivity contribution is 0.297. The van der Waals surface area contributed by atoms with Crippen molar-refractivity contribution in [3.63, 3.8) is 0 Å². The molecule has 0 spiro atoms. The van der Waals surface area contributed by atoms with Crippen LogP contribution in [0.2, 0.25) is 0 Å². The Kier molecular flexibility index (Phi) is 6.35. The monoisotopic (exact) mass is 346 g/mol. The summed E-state index contributed by atoms with van der Waals surface area (Å²) in [6.45, 7) is 4.67. The van der Waals surface area contributed by atoms with E-state index in [1.165, 1.54) is 32.1 Å². The third-order valence-corrected chi connectivity index (χ3v) is 4.90. The number of rotatable bonds is 8. The van der Waals surface area contributed by atoms with E-state index in [0.717, 1.165) is 47.5 Å². The first-order valence-corrected chi connectivity index (χ1v) is 9.84. The van der Waals surface area contributed by atoms with E-state index in [0.29, 0.717) is 6.61 Å². The molecule has 1 aromatic carbocycles. The van der Waals surface area contributed by atoms with Gasteiger partial charge in [-0.3, -0.25) is 0 Å². The van der Waals surface area contributed by atoms with E-state index in [4.69, 9.17) is 14.5 Å². The molecule has 0 unspecified atom stereocenters. The first kappa shape index (κ1) is 17.1. The molecule has 0 saturated carbocycles. The molecule has 0 bridgehead atoms. The third kappa shape index (κ3) is 4.63. The average Bonchev–Trinajstić information content (AvgIpc) is 2.95. The molecule has 0 saturated heterocycles. The summed E-state index contributed by atoms with van der Waals surface area (Å²) in [7, 11) is 0. The molecular formula is C19H26N2O2S. The quantitative estimate of drug-likeness (QED) is 0.654. The van der Waals surface area contributed by atoms with Gasteiger partial charge in [-0.1, -0.05) is 32.6 Å². The smallest absolute Gasteiger partial charge is 0.183 e. The van der Waals surface area contributed by atoms with E-state index in [-0.39, 0.29) is 0 Å². The van der Waals surface area contributed by atoms with Crippen LogP contribution in [-0.4, -0.2) is 24.7 Å². The van der Waals surface area contributed by atoms with Crippen LogP contribution in [0.5, 0.6) is 11.5 Å². The van der Waals surface area contributed by atoms with Gasteiger partial charge in [-0.05, 0) is 24.6 Å². The number of anilines is 1. The summed E-state index contributed by atoms with van der Waals surface area (Å²) in [6.07, 6.45) is 7.38. The van der Waals surface area contributed by atoms with Crippen molar-refractivity contribution in [1.82, 2.24) is 4.98 Å². The van der Waals surface area contributed by atoms with Gasteiger partial charge in [0.05, 0.1) is 18.9 Å². The Morgan fingerprint density at radius 1 is 1.08 bits per heavy atom. The Morgan fingerprint density at radius 3 is 2.79 bits per heavy atom. The molecule has 5 heteroatoms. The molecule has 0 aliphatic carbocycles. The normalized spacial score (nSPS) is 13.5. The lowest BCUT2D eigenvalue weighted by Gasteiger charge is -2.08. The van der Waals surface area contributed by atoms with Crippen LogP contribution in [0, 0.1) is 0 Å². The highest BCUT2D eigenvalue weighted by atomic mass is 32.1. The molecule has 1 aliphatic heterocycles. The third-order valence-electron chi connectivity index (χ3n) is 4.10. The van der Waals surface area contributed by atoms with Crippen molar-refractivity contribution >= 4 is 16.5 Å². The van der Waals surface area contributed by atoms with Gasteiger partial charge in [0.25, 0.3) is 0 Å². The SMILES string of the molecule is CCCCCCCNc1nc(-c2ccc3c(c2)OCCCO3)cs1. The molecule has 0 amide bonds. The van der Waals surface area contributed by atoms with Crippen molar-refractivity contribution in [2.45, 2.75) is 45.4 Å². The maximum absolute atomic E-state index is 5.76. The molecule has 1 N–H and O–H groups in total.